The van der Waals surface area contributed by atoms with Crippen molar-refractivity contribution < 1.29 is 34.0 Å². The first-order valence-corrected chi connectivity index (χ1v) is 4.74. The van der Waals surface area contributed by atoms with Gasteiger partial charge in [-0.25, -0.2) is 0 Å². The van der Waals surface area contributed by atoms with Crippen molar-refractivity contribution in [1.82, 2.24) is 0 Å². The number of hydrogen-bond donors (Lipinski definition) is 2. The third-order valence-electron chi connectivity index (χ3n) is 2.06. The van der Waals surface area contributed by atoms with E-state index in [-0.39, 0.29) is 6.61 Å². The van der Waals surface area contributed by atoms with Gasteiger partial charge in [0.1, 0.15) is 18.8 Å². The van der Waals surface area contributed by atoms with Crippen LogP contribution in [0.1, 0.15) is 13.8 Å². The van der Waals surface area contributed by atoms with Crippen LogP contribution in [0.4, 0.5) is 0 Å². The summed E-state index contributed by atoms with van der Waals surface area (Å²) >= 11 is 0. The molecule has 0 bridgehead atoms. The summed E-state index contributed by atoms with van der Waals surface area (Å²) in [7, 11) is 0. The van der Waals surface area contributed by atoms with Gasteiger partial charge in [-0.15, -0.1) is 0 Å². The lowest BCUT2D eigenvalue weighted by molar-refractivity contribution is -0.159. The number of esters is 2. The van der Waals surface area contributed by atoms with Crippen molar-refractivity contribution in [3.05, 3.63) is 0 Å². The van der Waals surface area contributed by atoms with Gasteiger partial charge in [-0.05, 0) is 0 Å². The van der Waals surface area contributed by atoms with Crippen LogP contribution in [0.25, 0.3) is 0 Å². The lowest BCUT2D eigenvalue weighted by atomic mass is 10.1. The molecule has 0 aromatic carbocycles. The monoisotopic (exact) mass is 234 g/mol. The summed E-state index contributed by atoms with van der Waals surface area (Å²) in [6.07, 6.45) is -4.70. The van der Waals surface area contributed by atoms with Gasteiger partial charge in [-0.3, -0.25) is 9.59 Å². The van der Waals surface area contributed by atoms with Gasteiger partial charge in [0.25, 0.3) is 0 Å². The van der Waals surface area contributed by atoms with Gasteiger partial charge >= 0.3 is 11.9 Å². The van der Waals surface area contributed by atoms with Crippen LogP contribution in [-0.4, -0.2) is 53.4 Å². The Bertz CT molecular complexity index is 277. The zero-order valence-electron chi connectivity index (χ0n) is 8.95. The van der Waals surface area contributed by atoms with Crippen molar-refractivity contribution in [2.24, 2.45) is 0 Å². The topological polar surface area (TPSA) is 102 Å². The predicted octanol–water partition coefficient (Wildman–Crippen LogP) is -1.44. The van der Waals surface area contributed by atoms with E-state index in [1.54, 1.807) is 0 Å². The molecule has 1 heterocycles. The SMILES string of the molecule is CC(=O)OC[C@@H]1O[C@H](O)[C@H](O)[C@H]1OC(C)=O. The standard InChI is InChI=1S/C9H14O7/c1-4(10)14-3-6-8(15-5(2)11)7(12)9(13)16-6/h6-9,12-13H,3H2,1-2H3/t6-,7+,8-,9-/m0/s1. The number of ether oxygens (including phenoxy) is 3. The van der Waals surface area contributed by atoms with Crippen molar-refractivity contribution in [2.45, 2.75) is 38.4 Å². The molecule has 0 saturated carbocycles. The van der Waals surface area contributed by atoms with Crippen LogP contribution in [0.5, 0.6) is 0 Å². The van der Waals surface area contributed by atoms with Gasteiger partial charge in [0.05, 0.1) is 0 Å². The molecule has 1 saturated heterocycles. The van der Waals surface area contributed by atoms with E-state index in [0.29, 0.717) is 0 Å². The van der Waals surface area contributed by atoms with Gasteiger partial charge in [-0.2, -0.15) is 0 Å². The number of aliphatic hydroxyl groups excluding tert-OH is 2. The molecule has 7 heteroatoms. The molecule has 2 N–H and O–H groups in total. The summed E-state index contributed by atoms with van der Waals surface area (Å²) in [4.78, 5) is 21.3. The Morgan fingerprint density at radius 1 is 1.25 bits per heavy atom. The van der Waals surface area contributed by atoms with E-state index < -0.39 is 36.5 Å². The van der Waals surface area contributed by atoms with E-state index in [1.165, 1.54) is 13.8 Å². The first-order chi connectivity index (χ1) is 7.41. The fraction of sp³-hybridized carbons (Fsp3) is 0.778. The van der Waals surface area contributed by atoms with E-state index in [1.807, 2.05) is 0 Å². The van der Waals surface area contributed by atoms with Gasteiger partial charge < -0.3 is 24.4 Å². The highest BCUT2D eigenvalue weighted by Crippen LogP contribution is 2.23. The van der Waals surface area contributed by atoms with Crippen molar-refractivity contribution in [2.75, 3.05) is 6.61 Å². The molecule has 0 aromatic heterocycles. The van der Waals surface area contributed by atoms with Gasteiger partial charge in [0, 0.05) is 13.8 Å². The number of hydrogen-bond acceptors (Lipinski definition) is 7. The molecule has 1 rings (SSSR count). The molecule has 1 fully saturated rings. The maximum absolute atomic E-state index is 10.8. The third kappa shape index (κ3) is 3.16. The summed E-state index contributed by atoms with van der Waals surface area (Å²) in [6, 6.07) is 0. The first kappa shape index (κ1) is 12.9. The molecular weight excluding hydrogens is 220 g/mol. The lowest BCUT2D eigenvalue weighted by Gasteiger charge is -2.19. The Labute approximate surface area is 91.9 Å². The molecule has 0 unspecified atom stereocenters. The minimum absolute atomic E-state index is 0.193. The second-order valence-electron chi connectivity index (χ2n) is 3.43. The van der Waals surface area contributed by atoms with Crippen molar-refractivity contribution in [3.8, 4) is 0 Å². The van der Waals surface area contributed by atoms with E-state index >= 15 is 0 Å². The van der Waals surface area contributed by atoms with Gasteiger partial charge in [-0.1, -0.05) is 0 Å². The summed E-state index contributed by atoms with van der Waals surface area (Å²) in [5, 5.41) is 18.7. The Balaban J connectivity index is 2.59. The fourth-order valence-corrected chi connectivity index (χ4v) is 1.39. The molecule has 0 spiro atoms. The van der Waals surface area contributed by atoms with E-state index in [9.17, 15) is 19.8 Å². The van der Waals surface area contributed by atoms with Crippen LogP contribution in [0.2, 0.25) is 0 Å². The average Bonchev–Trinajstić information content (AvgIpc) is 2.42. The van der Waals surface area contributed by atoms with Crippen molar-refractivity contribution >= 4 is 11.9 Å². The minimum Gasteiger partial charge on any atom is -0.463 e. The Morgan fingerprint density at radius 2 is 1.88 bits per heavy atom. The Hall–Kier alpha value is -1.18. The maximum atomic E-state index is 10.8. The van der Waals surface area contributed by atoms with Gasteiger partial charge in [0.15, 0.2) is 12.4 Å². The molecule has 4 atom stereocenters. The fourth-order valence-electron chi connectivity index (χ4n) is 1.39. The molecule has 0 aromatic rings. The second-order valence-corrected chi connectivity index (χ2v) is 3.43. The first-order valence-electron chi connectivity index (χ1n) is 4.74. The highest BCUT2D eigenvalue weighted by molar-refractivity contribution is 5.66. The number of carbonyl (C=O) groups excluding carboxylic acids is 2. The molecule has 16 heavy (non-hydrogen) atoms. The van der Waals surface area contributed by atoms with E-state index in [2.05, 4.69) is 4.74 Å². The van der Waals surface area contributed by atoms with Crippen LogP contribution < -0.4 is 0 Å². The van der Waals surface area contributed by atoms with E-state index in [4.69, 9.17) is 9.47 Å². The smallest absolute Gasteiger partial charge is 0.303 e. The van der Waals surface area contributed by atoms with Crippen LogP contribution in [0.15, 0.2) is 0 Å². The largest absolute Gasteiger partial charge is 0.463 e. The van der Waals surface area contributed by atoms with Crippen LogP contribution in [0.3, 0.4) is 0 Å². The quantitative estimate of drug-likeness (QED) is 0.576. The summed E-state index contributed by atoms with van der Waals surface area (Å²) in [5.41, 5.74) is 0. The molecule has 1 aliphatic heterocycles. The zero-order valence-corrected chi connectivity index (χ0v) is 8.95. The minimum atomic E-state index is -1.45. The summed E-state index contributed by atoms with van der Waals surface area (Å²) in [5.74, 6) is -1.14. The second kappa shape index (κ2) is 5.24. The molecular formula is C9H14O7. The van der Waals surface area contributed by atoms with E-state index in [0.717, 1.165) is 0 Å². The highest BCUT2D eigenvalue weighted by Gasteiger charge is 2.45. The molecule has 7 nitrogen and oxygen atoms in total. The van der Waals surface area contributed by atoms with Crippen LogP contribution in [0, 0.1) is 0 Å². The third-order valence-corrected chi connectivity index (χ3v) is 2.06. The molecule has 0 amide bonds. The normalized spacial score (nSPS) is 33.5. The Morgan fingerprint density at radius 3 is 2.38 bits per heavy atom. The summed E-state index contributed by atoms with van der Waals surface area (Å²) < 4.78 is 14.3. The van der Waals surface area contributed by atoms with Crippen LogP contribution >= 0.6 is 0 Å². The molecule has 1 aliphatic rings. The number of carbonyl (C=O) groups is 2. The lowest BCUT2D eigenvalue weighted by Crippen LogP contribution is -2.38. The Kier molecular flexibility index (Phi) is 4.22. The molecule has 92 valence electrons. The highest BCUT2D eigenvalue weighted by atomic mass is 16.7. The number of aliphatic hydroxyl groups is 2. The van der Waals surface area contributed by atoms with Gasteiger partial charge in [0.2, 0.25) is 0 Å². The maximum Gasteiger partial charge on any atom is 0.303 e. The molecule has 0 aliphatic carbocycles. The number of rotatable bonds is 3. The van der Waals surface area contributed by atoms with Crippen LogP contribution in [-0.2, 0) is 23.8 Å². The average molecular weight is 234 g/mol. The summed E-state index contributed by atoms with van der Waals surface area (Å²) in [6.45, 7) is 2.18. The predicted molar refractivity (Wildman–Crippen MR) is 49.1 cm³/mol. The molecule has 0 radical (unpaired) electrons. The van der Waals surface area contributed by atoms with Crippen molar-refractivity contribution in [1.29, 1.82) is 0 Å². The van der Waals surface area contributed by atoms with Crippen molar-refractivity contribution in [3.63, 3.8) is 0 Å². The zero-order chi connectivity index (χ0) is 12.3.